The van der Waals surface area contributed by atoms with Crippen molar-refractivity contribution in [3.8, 4) is 0 Å². The maximum Gasteiger partial charge on any atom is 0.237 e. The number of carbonyl (C=O) groups excluding carboxylic acids is 1. The molecule has 1 aromatic carbocycles. The molecule has 112 valence electrons. The van der Waals surface area contributed by atoms with Crippen molar-refractivity contribution in [3.63, 3.8) is 0 Å². The Hall–Kier alpha value is -1.49. The lowest BCUT2D eigenvalue weighted by atomic mass is 10.1. The van der Waals surface area contributed by atoms with Crippen LogP contribution in [0.4, 0.5) is 8.78 Å². The highest BCUT2D eigenvalue weighted by Gasteiger charge is 2.15. The molecule has 0 aromatic heterocycles. The Morgan fingerprint density at radius 1 is 1.20 bits per heavy atom. The average Bonchev–Trinajstić information content (AvgIpc) is 2.45. The molecule has 1 atom stereocenters. The highest BCUT2D eigenvalue weighted by molar-refractivity contribution is 5.81. The first-order valence-corrected chi connectivity index (χ1v) is 6.95. The van der Waals surface area contributed by atoms with Crippen molar-refractivity contribution in [2.24, 2.45) is 0 Å². The van der Waals surface area contributed by atoms with E-state index < -0.39 is 11.6 Å². The highest BCUT2D eigenvalue weighted by atomic mass is 19.2. The topological polar surface area (TPSA) is 41.1 Å². The Morgan fingerprint density at radius 3 is 2.40 bits per heavy atom. The first-order chi connectivity index (χ1) is 9.47. The molecular formula is C15H22F2N2O. The van der Waals surface area contributed by atoms with Gasteiger partial charge < -0.3 is 10.6 Å². The molecule has 0 radical (unpaired) electrons. The summed E-state index contributed by atoms with van der Waals surface area (Å²) in [5.41, 5.74) is 0.603. The Bertz CT molecular complexity index is 447. The van der Waals surface area contributed by atoms with Crippen LogP contribution in [0.15, 0.2) is 18.2 Å². The predicted molar refractivity (Wildman–Crippen MR) is 75.2 cm³/mol. The maximum absolute atomic E-state index is 13.0. The molecule has 2 N–H and O–H groups in total. The van der Waals surface area contributed by atoms with Crippen molar-refractivity contribution in [2.45, 2.75) is 52.2 Å². The van der Waals surface area contributed by atoms with Gasteiger partial charge in [0.1, 0.15) is 0 Å². The molecule has 0 saturated heterocycles. The smallest absolute Gasteiger partial charge is 0.237 e. The monoisotopic (exact) mass is 284 g/mol. The van der Waals surface area contributed by atoms with E-state index in [9.17, 15) is 13.6 Å². The molecule has 1 amide bonds. The van der Waals surface area contributed by atoms with Gasteiger partial charge in [-0.25, -0.2) is 8.78 Å². The van der Waals surface area contributed by atoms with Crippen LogP contribution in [0, 0.1) is 11.6 Å². The van der Waals surface area contributed by atoms with Gasteiger partial charge in [0.05, 0.1) is 6.04 Å². The van der Waals surface area contributed by atoms with Gasteiger partial charge in [0, 0.05) is 12.6 Å². The summed E-state index contributed by atoms with van der Waals surface area (Å²) < 4.78 is 25.8. The van der Waals surface area contributed by atoms with Gasteiger partial charge in [-0.3, -0.25) is 4.79 Å². The molecule has 3 nitrogen and oxygen atoms in total. The second kappa shape index (κ2) is 7.94. The van der Waals surface area contributed by atoms with Crippen LogP contribution < -0.4 is 10.6 Å². The molecule has 0 bridgehead atoms. The number of amides is 1. The summed E-state index contributed by atoms with van der Waals surface area (Å²) >= 11 is 0. The third kappa shape index (κ3) is 4.89. The second-order valence-corrected chi connectivity index (χ2v) is 4.87. The normalized spacial score (nSPS) is 12.5. The van der Waals surface area contributed by atoms with Crippen LogP contribution in [-0.4, -0.2) is 18.0 Å². The lowest BCUT2D eigenvalue weighted by Gasteiger charge is -2.19. The molecule has 20 heavy (non-hydrogen) atoms. The van der Waals surface area contributed by atoms with Crippen LogP contribution >= 0.6 is 0 Å². The van der Waals surface area contributed by atoms with E-state index in [0.29, 0.717) is 12.1 Å². The standard InChI is InChI=1S/C15H22F2N2O/c1-4-12(5-2)19-15(20)10(3)18-9-11-6-7-13(16)14(17)8-11/h6-8,10,12,18H,4-5,9H2,1-3H3,(H,19,20). The van der Waals surface area contributed by atoms with Crippen molar-refractivity contribution in [3.05, 3.63) is 35.4 Å². The van der Waals surface area contributed by atoms with Crippen molar-refractivity contribution in [1.82, 2.24) is 10.6 Å². The summed E-state index contributed by atoms with van der Waals surface area (Å²) in [5.74, 6) is -1.83. The fourth-order valence-electron chi connectivity index (χ4n) is 1.83. The molecule has 1 unspecified atom stereocenters. The number of rotatable bonds is 7. The van der Waals surface area contributed by atoms with E-state index in [4.69, 9.17) is 0 Å². The Kier molecular flexibility index (Phi) is 6.58. The minimum atomic E-state index is -0.876. The minimum Gasteiger partial charge on any atom is -0.352 e. The lowest BCUT2D eigenvalue weighted by Crippen LogP contribution is -2.45. The highest BCUT2D eigenvalue weighted by Crippen LogP contribution is 2.08. The van der Waals surface area contributed by atoms with Crippen LogP contribution in [0.2, 0.25) is 0 Å². The van der Waals surface area contributed by atoms with Crippen LogP contribution in [0.1, 0.15) is 39.2 Å². The first-order valence-electron chi connectivity index (χ1n) is 6.95. The number of hydrogen-bond donors (Lipinski definition) is 2. The van der Waals surface area contributed by atoms with Gasteiger partial charge in [0.25, 0.3) is 0 Å². The van der Waals surface area contributed by atoms with E-state index in [-0.39, 0.29) is 18.0 Å². The van der Waals surface area contributed by atoms with Gasteiger partial charge in [-0.05, 0) is 37.5 Å². The number of halogens is 2. The average molecular weight is 284 g/mol. The molecule has 0 spiro atoms. The SMILES string of the molecule is CCC(CC)NC(=O)C(C)NCc1ccc(F)c(F)c1. The molecule has 0 aliphatic rings. The maximum atomic E-state index is 13.0. The summed E-state index contributed by atoms with van der Waals surface area (Å²) in [6.07, 6.45) is 1.77. The Balaban J connectivity index is 2.47. The zero-order chi connectivity index (χ0) is 15.1. The third-order valence-electron chi connectivity index (χ3n) is 3.32. The van der Waals surface area contributed by atoms with E-state index in [2.05, 4.69) is 10.6 Å². The van der Waals surface area contributed by atoms with Crippen molar-refractivity contribution in [2.75, 3.05) is 0 Å². The number of hydrogen-bond acceptors (Lipinski definition) is 2. The molecule has 5 heteroatoms. The summed E-state index contributed by atoms with van der Waals surface area (Å²) in [4.78, 5) is 11.9. The summed E-state index contributed by atoms with van der Waals surface area (Å²) in [7, 11) is 0. The van der Waals surface area contributed by atoms with Gasteiger partial charge in [0.15, 0.2) is 11.6 Å². The van der Waals surface area contributed by atoms with Crippen molar-refractivity contribution in [1.29, 1.82) is 0 Å². The molecule has 0 fully saturated rings. The largest absolute Gasteiger partial charge is 0.352 e. The Labute approximate surface area is 118 Å². The van der Waals surface area contributed by atoms with E-state index >= 15 is 0 Å². The predicted octanol–water partition coefficient (Wildman–Crippen LogP) is 2.75. The first kappa shape index (κ1) is 16.6. The second-order valence-electron chi connectivity index (χ2n) is 4.87. The molecule has 0 aliphatic heterocycles. The zero-order valence-electron chi connectivity index (χ0n) is 12.2. The minimum absolute atomic E-state index is 0.0821. The molecular weight excluding hydrogens is 262 g/mol. The van der Waals surface area contributed by atoms with Crippen molar-refractivity contribution < 1.29 is 13.6 Å². The quantitative estimate of drug-likeness (QED) is 0.808. The fourth-order valence-corrected chi connectivity index (χ4v) is 1.83. The van der Waals surface area contributed by atoms with Gasteiger partial charge >= 0.3 is 0 Å². The molecule has 0 aliphatic carbocycles. The molecule has 1 aromatic rings. The van der Waals surface area contributed by atoms with Gasteiger partial charge in [-0.15, -0.1) is 0 Å². The molecule has 0 heterocycles. The van der Waals surface area contributed by atoms with Crippen LogP contribution in [0.25, 0.3) is 0 Å². The summed E-state index contributed by atoms with van der Waals surface area (Å²) in [6, 6.07) is 3.50. The van der Waals surface area contributed by atoms with Gasteiger partial charge in [-0.1, -0.05) is 19.9 Å². The fraction of sp³-hybridized carbons (Fsp3) is 0.533. The van der Waals surface area contributed by atoms with E-state index in [0.717, 1.165) is 25.0 Å². The van der Waals surface area contributed by atoms with Gasteiger partial charge in [-0.2, -0.15) is 0 Å². The number of nitrogens with one attached hydrogen (secondary N) is 2. The van der Waals surface area contributed by atoms with E-state index in [1.807, 2.05) is 13.8 Å². The van der Waals surface area contributed by atoms with Crippen LogP contribution in [-0.2, 0) is 11.3 Å². The van der Waals surface area contributed by atoms with Gasteiger partial charge in [0.2, 0.25) is 5.91 Å². The summed E-state index contributed by atoms with van der Waals surface area (Å²) in [5, 5.41) is 5.94. The summed E-state index contributed by atoms with van der Waals surface area (Å²) in [6.45, 7) is 6.11. The molecule has 0 saturated carbocycles. The number of carbonyl (C=O) groups is 1. The Morgan fingerprint density at radius 2 is 1.85 bits per heavy atom. The van der Waals surface area contributed by atoms with E-state index in [1.54, 1.807) is 6.92 Å². The lowest BCUT2D eigenvalue weighted by molar-refractivity contribution is -0.123. The third-order valence-corrected chi connectivity index (χ3v) is 3.32. The van der Waals surface area contributed by atoms with Crippen LogP contribution in [0.5, 0.6) is 0 Å². The van der Waals surface area contributed by atoms with Crippen LogP contribution in [0.3, 0.4) is 0 Å². The zero-order valence-corrected chi connectivity index (χ0v) is 12.2. The molecule has 1 rings (SSSR count). The number of benzene rings is 1. The van der Waals surface area contributed by atoms with Crippen molar-refractivity contribution >= 4 is 5.91 Å². The van der Waals surface area contributed by atoms with E-state index in [1.165, 1.54) is 6.07 Å².